The summed E-state index contributed by atoms with van der Waals surface area (Å²) >= 11 is 0. The molecule has 3 aromatic carbocycles. The van der Waals surface area contributed by atoms with Gasteiger partial charge in [0.2, 0.25) is 0 Å². The van der Waals surface area contributed by atoms with Crippen molar-refractivity contribution in [1.29, 1.82) is 0 Å². The van der Waals surface area contributed by atoms with Crippen LogP contribution >= 0.6 is 0 Å². The molecule has 0 aliphatic carbocycles. The molecule has 0 bridgehead atoms. The molecule has 0 aromatic heterocycles. The Morgan fingerprint density at radius 3 is 1.96 bits per heavy atom. The first-order chi connectivity index (χ1) is 12.6. The standard InChI is InChI=1S/C22H18N2O2/c1-14(2)16-11-9-15(10-12-16)13-23-24-21(25)18-7-3-5-17-6-4-8-19(20(17)18)22(24)26/h3-14H,1-2H3/b23-13-. The van der Waals surface area contributed by atoms with Crippen LogP contribution in [0.1, 0.15) is 51.6 Å². The molecule has 2 amide bonds. The van der Waals surface area contributed by atoms with Crippen LogP contribution in [0.15, 0.2) is 65.8 Å². The summed E-state index contributed by atoms with van der Waals surface area (Å²) in [6, 6.07) is 18.9. The van der Waals surface area contributed by atoms with E-state index in [9.17, 15) is 9.59 Å². The van der Waals surface area contributed by atoms with E-state index in [1.807, 2.05) is 48.5 Å². The van der Waals surface area contributed by atoms with Crippen LogP contribution in [-0.4, -0.2) is 23.0 Å². The van der Waals surface area contributed by atoms with Crippen LogP contribution in [0.2, 0.25) is 0 Å². The second-order valence-corrected chi connectivity index (χ2v) is 6.70. The highest BCUT2D eigenvalue weighted by molar-refractivity contribution is 6.25. The molecule has 4 rings (SSSR count). The van der Waals surface area contributed by atoms with Gasteiger partial charge in [-0.15, -0.1) is 0 Å². The average molecular weight is 342 g/mol. The van der Waals surface area contributed by atoms with E-state index in [1.54, 1.807) is 18.3 Å². The quantitative estimate of drug-likeness (QED) is 0.516. The maximum absolute atomic E-state index is 12.8. The summed E-state index contributed by atoms with van der Waals surface area (Å²) in [6.07, 6.45) is 1.55. The van der Waals surface area contributed by atoms with Crippen molar-refractivity contribution >= 4 is 28.8 Å². The van der Waals surface area contributed by atoms with Crippen LogP contribution in [-0.2, 0) is 0 Å². The van der Waals surface area contributed by atoms with E-state index in [-0.39, 0.29) is 0 Å². The predicted octanol–water partition coefficient (Wildman–Crippen LogP) is 4.59. The third-order valence-electron chi connectivity index (χ3n) is 4.68. The zero-order chi connectivity index (χ0) is 18.3. The second-order valence-electron chi connectivity index (χ2n) is 6.70. The fourth-order valence-electron chi connectivity index (χ4n) is 3.21. The molecule has 0 radical (unpaired) electrons. The first kappa shape index (κ1) is 16.2. The maximum Gasteiger partial charge on any atom is 0.282 e. The van der Waals surface area contributed by atoms with Gasteiger partial charge in [0, 0.05) is 5.39 Å². The molecule has 0 fully saturated rings. The number of carbonyl (C=O) groups is 2. The van der Waals surface area contributed by atoms with Crippen molar-refractivity contribution in [3.63, 3.8) is 0 Å². The Hall–Kier alpha value is -3.27. The highest BCUT2D eigenvalue weighted by atomic mass is 16.2. The Balaban J connectivity index is 1.70. The number of carbonyl (C=O) groups excluding carboxylic acids is 2. The number of hydrogen-bond donors (Lipinski definition) is 0. The van der Waals surface area contributed by atoms with E-state index >= 15 is 0 Å². The number of rotatable bonds is 3. The van der Waals surface area contributed by atoms with Gasteiger partial charge in [-0.25, -0.2) is 0 Å². The van der Waals surface area contributed by atoms with Gasteiger partial charge in [0.1, 0.15) is 0 Å². The van der Waals surface area contributed by atoms with Crippen LogP contribution in [0.4, 0.5) is 0 Å². The fourth-order valence-corrected chi connectivity index (χ4v) is 3.21. The summed E-state index contributed by atoms with van der Waals surface area (Å²) < 4.78 is 0. The van der Waals surface area contributed by atoms with Crippen molar-refractivity contribution in [3.05, 3.63) is 82.9 Å². The highest BCUT2D eigenvalue weighted by Gasteiger charge is 2.32. The zero-order valence-electron chi connectivity index (χ0n) is 14.6. The van der Waals surface area contributed by atoms with Crippen molar-refractivity contribution in [3.8, 4) is 0 Å². The first-order valence-corrected chi connectivity index (χ1v) is 8.61. The number of hydrogen-bond acceptors (Lipinski definition) is 3. The molecule has 0 N–H and O–H groups in total. The van der Waals surface area contributed by atoms with Crippen molar-refractivity contribution in [2.24, 2.45) is 5.10 Å². The molecule has 0 saturated heterocycles. The average Bonchev–Trinajstić information content (AvgIpc) is 2.66. The lowest BCUT2D eigenvalue weighted by molar-refractivity contribution is 0.0616. The maximum atomic E-state index is 12.8. The lowest BCUT2D eigenvalue weighted by Gasteiger charge is -2.23. The molecule has 0 saturated carbocycles. The van der Waals surface area contributed by atoms with Gasteiger partial charge in [0.15, 0.2) is 0 Å². The third-order valence-corrected chi connectivity index (χ3v) is 4.68. The molecule has 26 heavy (non-hydrogen) atoms. The summed E-state index contributed by atoms with van der Waals surface area (Å²) in [5, 5.41) is 6.73. The van der Waals surface area contributed by atoms with Gasteiger partial charge in [0.05, 0.1) is 17.3 Å². The van der Waals surface area contributed by atoms with Crippen LogP contribution in [0.5, 0.6) is 0 Å². The van der Waals surface area contributed by atoms with Gasteiger partial charge in [-0.2, -0.15) is 10.1 Å². The lowest BCUT2D eigenvalue weighted by atomic mass is 9.95. The number of hydrazone groups is 1. The van der Waals surface area contributed by atoms with Gasteiger partial charge in [-0.05, 0) is 34.6 Å². The van der Waals surface area contributed by atoms with Crippen molar-refractivity contribution < 1.29 is 9.59 Å². The minimum atomic E-state index is -0.394. The molecule has 0 atom stereocenters. The molecule has 128 valence electrons. The molecule has 3 aromatic rings. The minimum absolute atomic E-state index is 0.394. The smallest absolute Gasteiger partial charge is 0.267 e. The van der Waals surface area contributed by atoms with Crippen molar-refractivity contribution in [1.82, 2.24) is 5.01 Å². The Morgan fingerprint density at radius 1 is 0.846 bits per heavy atom. The van der Waals surface area contributed by atoms with Gasteiger partial charge in [-0.1, -0.05) is 62.4 Å². The summed E-state index contributed by atoms with van der Waals surface area (Å²) in [5.41, 5.74) is 3.08. The molecule has 1 heterocycles. The summed E-state index contributed by atoms with van der Waals surface area (Å²) in [4.78, 5) is 25.5. The molecular formula is C22H18N2O2. The Morgan fingerprint density at radius 2 is 1.42 bits per heavy atom. The first-order valence-electron chi connectivity index (χ1n) is 8.61. The minimum Gasteiger partial charge on any atom is -0.267 e. The lowest BCUT2D eigenvalue weighted by Crippen LogP contribution is -2.36. The van der Waals surface area contributed by atoms with Crippen LogP contribution in [0.3, 0.4) is 0 Å². The number of imide groups is 1. The zero-order valence-corrected chi connectivity index (χ0v) is 14.6. The van der Waals surface area contributed by atoms with E-state index in [0.717, 1.165) is 16.0 Å². The van der Waals surface area contributed by atoms with E-state index in [2.05, 4.69) is 18.9 Å². The molecule has 4 heteroatoms. The number of benzene rings is 3. The van der Waals surface area contributed by atoms with Gasteiger partial charge in [-0.3, -0.25) is 9.59 Å². The van der Waals surface area contributed by atoms with Gasteiger partial charge < -0.3 is 0 Å². The molecule has 4 nitrogen and oxygen atoms in total. The largest absolute Gasteiger partial charge is 0.282 e. The second kappa shape index (κ2) is 6.23. The van der Waals surface area contributed by atoms with E-state index in [1.165, 1.54) is 5.56 Å². The third kappa shape index (κ3) is 2.60. The van der Waals surface area contributed by atoms with Crippen molar-refractivity contribution in [2.75, 3.05) is 0 Å². The van der Waals surface area contributed by atoms with Gasteiger partial charge >= 0.3 is 0 Å². The summed E-state index contributed by atoms with van der Waals surface area (Å²) in [5.74, 6) is -0.341. The van der Waals surface area contributed by atoms with E-state index < -0.39 is 11.8 Å². The Kier molecular flexibility index (Phi) is 3.88. The fraction of sp³-hybridized carbons (Fsp3) is 0.136. The predicted molar refractivity (Wildman–Crippen MR) is 103 cm³/mol. The van der Waals surface area contributed by atoms with Gasteiger partial charge in [0.25, 0.3) is 11.8 Å². The normalized spacial score (nSPS) is 14.0. The number of amides is 2. The molecule has 1 aliphatic rings. The van der Waals surface area contributed by atoms with E-state index in [0.29, 0.717) is 22.4 Å². The summed E-state index contributed by atoms with van der Waals surface area (Å²) in [6.45, 7) is 4.26. The monoisotopic (exact) mass is 342 g/mol. The van der Waals surface area contributed by atoms with E-state index in [4.69, 9.17) is 0 Å². The Labute approximate surface area is 151 Å². The van der Waals surface area contributed by atoms with Crippen molar-refractivity contribution in [2.45, 2.75) is 19.8 Å². The molecule has 1 aliphatic heterocycles. The topological polar surface area (TPSA) is 49.7 Å². The Bertz CT molecular complexity index is 999. The highest BCUT2D eigenvalue weighted by Crippen LogP contribution is 2.30. The summed E-state index contributed by atoms with van der Waals surface area (Å²) in [7, 11) is 0. The molecule has 0 spiro atoms. The number of nitrogens with zero attached hydrogens (tertiary/aromatic N) is 2. The molecular weight excluding hydrogens is 324 g/mol. The molecule has 0 unspecified atom stereocenters. The van der Waals surface area contributed by atoms with Crippen LogP contribution in [0.25, 0.3) is 10.8 Å². The van der Waals surface area contributed by atoms with Crippen LogP contribution < -0.4 is 0 Å². The van der Waals surface area contributed by atoms with Crippen LogP contribution in [0, 0.1) is 0 Å². The SMILES string of the molecule is CC(C)c1ccc(/C=N\N2C(=O)c3cccc4cccc(c34)C2=O)cc1.